The van der Waals surface area contributed by atoms with E-state index >= 15 is 0 Å². The summed E-state index contributed by atoms with van der Waals surface area (Å²) in [5.74, 6) is 0.580. The molecule has 2 aromatic rings. The van der Waals surface area contributed by atoms with E-state index in [4.69, 9.17) is 0 Å². The van der Waals surface area contributed by atoms with E-state index in [2.05, 4.69) is 49.7 Å². The summed E-state index contributed by atoms with van der Waals surface area (Å²) in [6.07, 6.45) is 0. The standard InChI is InChI=1S/C11H13NS/c1-7(2)8-3-4-9-6-11(13)12-10(9)5-8/h3-7,12-13H,1-2H3. The molecule has 0 bridgehead atoms. The van der Waals surface area contributed by atoms with Gasteiger partial charge in [-0.1, -0.05) is 26.0 Å². The Hall–Kier alpha value is -0.890. The van der Waals surface area contributed by atoms with Crippen LogP contribution in [0.3, 0.4) is 0 Å². The zero-order valence-electron chi connectivity index (χ0n) is 7.83. The van der Waals surface area contributed by atoms with Crippen LogP contribution in [-0.4, -0.2) is 4.98 Å². The van der Waals surface area contributed by atoms with Gasteiger partial charge < -0.3 is 4.98 Å². The highest BCUT2D eigenvalue weighted by Gasteiger charge is 2.02. The van der Waals surface area contributed by atoms with Crippen LogP contribution in [0.25, 0.3) is 10.9 Å². The molecule has 2 heteroatoms. The molecule has 0 atom stereocenters. The minimum Gasteiger partial charge on any atom is -0.350 e. The van der Waals surface area contributed by atoms with Crippen LogP contribution >= 0.6 is 12.6 Å². The zero-order chi connectivity index (χ0) is 9.42. The number of thiol groups is 1. The largest absolute Gasteiger partial charge is 0.350 e. The first kappa shape index (κ1) is 8.70. The maximum Gasteiger partial charge on any atom is 0.0701 e. The van der Waals surface area contributed by atoms with Gasteiger partial charge in [0.1, 0.15) is 0 Å². The number of H-pyrrole nitrogens is 1. The van der Waals surface area contributed by atoms with Gasteiger partial charge in [-0.25, -0.2) is 0 Å². The molecular formula is C11H13NS. The topological polar surface area (TPSA) is 15.8 Å². The molecule has 68 valence electrons. The van der Waals surface area contributed by atoms with Gasteiger partial charge in [0, 0.05) is 10.9 Å². The first-order chi connectivity index (χ1) is 6.16. The van der Waals surface area contributed by atoms with Gasteiger partial charge in [-0.05, 0) is 23.6 Å². The smallest absolute Gasteiger partial charge is 0.0701 e. The number of nitrogens with one attached hydrogen (secondary N) is 1. The van der Waals surface area contributed by atoms with E-state index in [0.29, 0.717) is 5.92 Å². The van der Waals surface area contributed by atoms with Crippen molar-refractivity contribution < 1.29 is 0 Å². The monoisotopic (exact) mass is 191 g/mol. The molecule has 0 aliphatic rings. The molecule has 1 heterocycles. The Morgan fingerprint density at radius 3 is 2.69 bits per heavy atom. The first-order valence-electron chi connectivity index (χ1n) is 4.48. The third-order valence-electron chi connectivity index (χ3n) is 2.30. The quantitative estimate of drug-likeness (QED) is 0.641. The highest BCUT2D eigenvalue weighted by Crippen LogP contribution is 2.22. The van der Waals surface area contributed by atoms with Crippen LogP contribution < -0.4 is 0 Å². The Morgan fingerprint density at radius 1 is 1.23 bits per heavy atom. The van der Waals surface area contributed by atoms with Crippen LogP contribution in [0.2, 0.25) is 0 Å². The summed E-state index contributed by atoms with van der Waals surface area (Å²) in [5, 5.41) is 2.16. The lowest BCUT2D eigenvalue weighted by atomic mass is 10.0. The molecule has 0 amide bonds. The van der Waals surface area contributed by atoms with Crippen molar-refractivity contribution in [3.05, 3.63) is 29.8 Å². The van der Waals surface area contributed by atoms with Gasteiger partial charge in [0.05, 0.1) is 5.03 Å². The van der Waals surface area contributed by atoms with E-state index in [-0.39, 0.29) is 0 Å². The minimum absolute atomic E-state index is 0.580. The van der Waals surface area contributed by atoms with Crippen LogP contribution in [0, 0.1) is 0 Å². The number of hydrogen-bond donors (Lipinski definition) is 2. The summed E-state index contributed by atoms with van der Waals surface area (Å²) < 4.78 is 0. The Morgan fingerprint density at radius 2 is 2.00 bits per heavy atom. The molecule has 0 fully saturated rings. The minimum atomic E-state index is 0.580. The summed E-state index contributed by atoms with van der Waals surface area (Å²) in [6, 6.07) is 8.55. The van der Waals surface area contributed by atoms with Crippen molar-refractivity contribution in [1.29, 1.82) is 0 Å². The van der Waals surface area contributed by atoms with Crippen LogP contribution in [-0.2, 0) is 0 Å². The average molecular weight is 191 g/mol. The fourth-order valence-electron chi connectivity index (χ4n) is 1.49. The molecule has 0 aliphatic carbocycles. The van der Waals surface area contributed by atoms with Gasteiger partial charge in [-0.3, -0.25) is 0 Å². The Balaban J connectivity index is 2.61. The zero-order valence-corrected chi connectivity index (χ0v) is 8.73. The third kappa shape index (κ3) is 1.59. The Bertz CT molecular complexity index is 429. The van der Waals surface area contributed by atoms with Crippen molar-refractivity contribution in [3.8, 4) is 0 Å². The molecular weight excluding hydrogens is 178 g/mol. The lowest BCUT2D eigenvalue weighted by molar-refractivity contribution is 0.868. The van der Waals surface area contributed by atoms with Crippen molar-refractivity contribution >= 4 is 23.5 Å². The Kier molecular flexibility index (Phi) is 2.08. The highest BCUT2D eigenvalue weighted by atomic mass is 32.1. The molecule has 1 N–H and O–H groups in total. The van der Waals surface area contributed by atoms with Crippen molar-refractivity contribution in [1.82, 2.24) is 4.98 Å². The van der Waals surface area contributed by atoms with E-state index in [1.807, 2.05) is 6.07 Å². The van der Waals surface area contributed by atoms with Crippen LogP contribution in [0.4, 0.5) is 0 Å². The number of benzene rings is 1. The van der Waals surface area contributed by atoms with E-state index in [1.54, 1.807) is 0 Å². The van der Waals surface area contributed by atoms with Gasteiger partial charge >= 0.3 is 0 Å². The van der Waals surface area contributed by atoms with Gasteiger partial charge in [0.2, 0.25) is 0 Å². The lowest BCUT2D eigenvalue weighted by Crippen LogP contribution is -1.85. The summed E-state index contributed by atoms with van der Waals surface area (Å²) in [6.45, 7) is 4.40. The number of hydrogen-bond acceptors (Lipinski definition) is 1. The maximum absolute atomic E-state index is 4.27. The molecule has 1 aromatic heterocycles. The number of rotatable bonds is 1. The van der Waals surface area contributed by atoms with Crippen LogP contribution in [0.15, 0.2) is 29.3 Å². The number of aromatic nitrogens is 1. The fraction of sp³-hybridized carbons (Fsp3) is 0.273. The van der Waals surface area contributed by atoms with E-state index < -0.39 is 0 Å². The second-order valence-corrected chi connectivity index (χ2v) is 4.14. The third-order valence-corrected chi connectivity index (χ3v) is 2.54. The van der Waals surface area contributed by atoms with Gasteiger partial charge in [-0.2, -0.15) is 0 Å². The van der Waals surface area contributed by atoms with Crippen LogP contribution in [0.1, 0.15) is 25.3 Å². The average Bonchev–Trinajstić information content (AvgIpc) is 2.42. The summed E-state index contributed by atoms with van der Waals surface area (Å²) >= 11 is 4.27. The molecule has 0 aliphatic heterocycles. The molecule has 2 rings (SSSR count). The van der Waals surface area contributed by atoms with Gasteiger partial charge in [0.15, 0.2) is 0 Å². The lowest BCUT2D eigenvalue weighted by Gasteiger charge is -2.03. The Labute approximate surface area is 83.6 Å². The molecule has 0 unspecified atom stereocenters. The predicted molar refractivity (Wildman–Crippen MR) is 59.6 cm³/mol. The number of aromatic amines is 1. The second kappa shape index (κ2) is 3.11. The molecule has 1 nitrogen and oxygen atoms in total. The summed E-state index contributed by atoms with van der Waals surface area (Å²) in [5.41, 5.74) is 2.54. The van der Waals surface area contributed by atoms with Gasteiger partial charge in [0.25, 0.3) is 0 Å². The second-order valence-electron chi connectivity index (χ2n) is 3.66. The van der Waals surface area contributed by atoms with Crippen molar-refractivity contribution in [2.24, 2.45) is 0 Å². The first-order valence-corrected chi connectivity index (χ1v) is 4.93. The summed E-state index contributed by atoms with van der Waals surface area (Å²) in [4.78, 5) is 3.22. The normalized spacial score (nSPS) is 11.4. The highest BCUT2D eigenvalue weighted by molar-refractivity contribution is 7.80. The molecule has 1 aromatic carbocycles. The molecule has 0 saturated heterocycles. The molecule has 0 radical (unpaired) electrons. The van der Waals surface area contributed by atoms with Gasteiger partial charge in [-0.15, -0.1) is 12.6 Å². The van der Waals surface area contributed by atoms with E-state index in [0.717, 1.165) is 5.03 Å². The van der Waals surface area contributed by atoms with Crippen molar-refractivity contribution in [3.63, 3.8) is 0 Å². The SMILES string of the molecule is CC(C)c1ccc2cc(S)[nH]c2c1. The maximum atomic E-state index is 4.27. The van der Waals surface area contributed by atoms with Crippen molar-refractivity contribution in [2.45, 2.75) is 24.8 Å². The predicted octanol–water partition coefficient (Wildman–Crippen LogP) is 3.58. The molecule has 0 spiro atoms. The summed E-state index contributed by atoms with van der Waals surface area (Å²) in [7, 11) is 0. The van der Waals surface area contributed by atoms with E-state index in [1.165, 1.54) is 16.5 Å². The fourth-order valence-corrected chi connectivity index (χ4v) is 1.75. The molecule has 13 heavy (non-hydrogen) atoms. The number of fused-ring (bicyclic) bond motifs is 1. The molecule has 0 saturated carbocycles. The van der Waals surface area contributed by atoms with Crippen LogP contribution in [0.5, 0.6) is 0 Å². The van der Waals surface area contributed by atoms with Crippen molar-refractivity contribution in [2.75, 3.05) is 0 Å². The van der Waals surface area contributed by atoms with E-state index in [9.17, 15) is 0 Å².